The van der Waals surface area contributed by atoms with Crippen molar-refractivity contribution in [2.75, 3.05) is 18.0 Å². The molecule has 0 aliphatic carbocycles. The zero-order valence-corrected chi connectivity index (χ0v) is 19.2. The van der Waals surface area contributed by atoms with Gasteiger partial charge in [0.1, 0.15) is 18.2 Å². The van der Waals surface area contributed by atoms with Crippen molar-refractivity contribution in [1.29, 1.82) is 5.26 Å². The van der Waals surface area contributed by atoms with Crippen LogP contribution in [-0.2, 0) is 16.1 Å². The van der Waals surface area contributed by atoms with E-state index in [0.29, 0.717) is 24.3 Å². The summed E-state index contributed by atoms with van der Waals surface area (Å²) in [6, 6.07) is 11.4. The number of oxime groups is 1. The quantitative estimate of drug-likeness (QED) is 0.670. The van der Waals surface area contributed by atoms with Crippen LogP contribution in [0, 0.1) is 18.3 Å². The largest absolute Gasteiger partial charge is 0.490 e. The second kappa shape index (κ2) is 9.61. The number of rotatable bonds is 7. The Balaban J connectivity index is 1.66. The smallest absolute Gasteiger partial charge is 0.231 e. The van der Waals surface area contributed by atoms with Crippen LogP contribution in [0.15, 0.2) is 35.5 Å². The Bertz CT molecular complexity index is 1120. The van der Waals surface area contributed by atoms with Gasteiger partial charge in [0.2, 0.25) is 6.23 Å². The molecule has 0 bridgehead atoms. The number of carbonyl (C=O) groups is 1. The van der Waals surface area contributed by atoms with Gasteiger partial charge in [-0.1, -0.05) is 11.2 Å². The molecule has 8 heteroatoms. The van der Waals surface area contributed by atoms with Crippen LogP contribution in [0.25, 0.3) is 0 Å². The monoisotopic (exact) mass is 447 g/mol. The van der Waals surface area contributed by atoms with E-state index in [-0.39, 0.29) is 17.9 Å². The van der Waals surface area contributed by atoms with Crippen LogP contribution >= 0.6 is 0 Å². The molecule has 0 spiro atoms. The molecule has 2 aromatic carbocycles. The number of anilines is 1. The van der Waals surface area contributed by atoms with Crippen LogP contribution < -0.4 is 20.7 Å². The topological polar surface area (TPSA) is 113 Å². The first kappa shape index (κ1) is 22.8. The molecule has 2 unspecified atom stereocenters. The Morgan fingerprint density at radius 1 is 1.39 bits per heavy atom. The normalized spacial score (nSPS) is 19.2. The maximum atomic E-state index is 12.6. The highest BCUT2D eigenvalue weighted by Gasteiger charge is 2.32. The van der Waals surface area contributed by atoms with Gasteiger partial charge in [-0.05, 0) is 74.7 Å². The third kappa shape index (κ3) is 4.42. The number of hydrogen-bond donors (Lipinski definition) is 2. The van der Waals surface area contributed by atoms with Crippen molar-refractivity contribution in [3.63, 3.8) is 0 Å². The van der Waals surface area contributed by atoms with Gasteiger partial charge in [-0.25, -0.2) is 0 Å². The molecular formula is C25H29N5O3. The molecule has 0 fully saturated rings. The molecule has 2 heterocycles. The second-order valence-corrected chi connectivity index (χ2v) is 8.54. The summed E-state index contributed by atoms with van der Waals surface area (Å²) in [4.78, 5) is 20.2. The molecule has 0 saturated carbocycles. The summed E-state index contributed by atoms with van der Waals surface area (Å²) in [5, 5.41) is 17.0. The minimum absolute atomic E-state index is 0.0290. The zero-order valence-electron chi connectivity index (χ0n) is 19.2. The number of benzene rings is 2. The Labute approximate surface area is 194 Å². The highest BCUT2D eigenvalue weighted by molar-refractivity contribution is 5.88. The van der Waals surface area contributed by atoms with Crippen molar-refractivity contribution >= 4 is 17.8 Å². The van der Waals surface area contributed by atoms with Crippen molar-refractivity contribution in [1.82, 2.24) is 5.32 Å². The minimum atomic E-state index is -0.502. The molecule has 8 nitrogen and oxygen atoms in total. The first-order valence-electron chi connectivity index (χ1n) is 11.2. The van der Waals surface area contributed by atoms with E-state index < -0.39 is 6.23 Å². The lowest BCUT2D eigenvalue weighted by molar-refractivity contribution is -0.121. The van der Waals surface area contributed by atoms with Gasteiger partial charge in [0.25, 0.3) is 0 Å². The van der Waals surface area contributed by atoms with Crippen molar-refractivity contribution < 1.29 is 14.4 Å². The summed E-state index contributed by atoms with van der Waals surface area (Å²) in [6.45, 7) is 6.99. The summed E-state index contributed by atoms with van der Waals surface area (Å²) in [5.74, 6) is 0.662. The van der Waals surface area contributed by atoms with Gasteiger partial charge in [-0.15, -0.1) is 0 Å². The second-order valence-electron chi connectivity index (χ2n) is 8.54. The minimum Gasteiger partial charge on any atom is -0.490 e. The van der Waals surface area contributed by atoms with Crippen LogP contribution in [0.1, 0.15) is 60.4 Å². The first-order chi connectivity index (χ1) is 15.9. The van der Waals surface area contributed by atoms with Gasteiger partial charge in [0.15, 0.2) is 5.78 Å². The average Bonchev–Trinajstić information content (AvgIpc) is 3.28. The lowest BCUT2D eigenvalue weighted by atomic mass is 9.87. The number of carbonyl (C=O) groups excluding carboxylic acids is 1. The number of nitrogens with two attached hydrogens (primary N) is 1. The van der Waals surface area contributed by atoms with E-state index in [1.165, 1.54) is 5.56 Å². The number of nitrogens with one attached hydrogen (secondary N) is 1. The Morgan fingerprint density at radius 2 is 2.21 bits per heavy atom. The zero-order chi connectivity index (χ0) is 23.5. The van der Waals surface area contributed by atoms with Gasteiger partial charge < -0.3 is 20.6 Å². The van der Waals surface area contributed by atoms with Crippen molar-refractivity contribution in [2.24, 2.45) is 10.9 Å². The van der Waals surface area contributed by atoms with Crippen LogP contribution in [0.3, 0.4) is 0 Å². The SMILES string of the molecule is Cc1c(N2C=NOC2c2ccc(OC(C)C)c(C#N)c2)ccc2c1CCNC2C(=O)CCN. The number of fused-ring (bicyclic) bond motifs is 1. The Morgan fingerprint density at radius 3 is 2.94 bits per heavy atom. The summed E-state index contributed by atoms with van der Waals surface area (Å²) < 4.78 is 5.74. The summed E-state index contributed by atoms with van der Waals surface area (Å²) >= 11 is 0. The Kier molecular flexibility index (Phi) is 6.63. The van der Waals surface area contributed by atoms with E-state index in [0.717, 1.165) is 35.3 Å². The predicted octanol–water partition coefficient (Wildman–Crippen LogP) is 3.24. The highest BCUT2D eigenvalue weighted by Crippen LogP contribution is 2.38. The van der Waals surface area contributed by atoms with E-state index in [2.05, 4.69) is 23.5 Å². The van der Waals surface area contributed by atoms with Gasteiger partial charge in [-0.2, -0.15) is 5.26 Å². The highest BCUT2D eigenvalue weighted by atomic mass is 16.7. The van der Waals surface area contributed by atoms with E-state index in [1.54, 1.807) is 18.5 Å². The third-order valence-corrected chi connectivity index (χ3v) is 5.99. The van der Waals surface area contributed by atoms with Gasteiger partial charge in [0.05, 0.1) is 17.7 Å². The maximum absolute atomic E-state index is 12.6. The van der Waals surface area contributed by atoms with Crippen LogP contribution in [0.2, 0.25) is 0 Å². The molecule has 0 radical (unpaired) electrons. The fourth-order valence-electron chi connectivity index (χ4n) is 4.47. The molecule has 2 aromatic rings. The number of nitriles is 1. The fourth-order valence-corrected chi connectivity index (χ4v) is 4.47. The van der Waals surface area contributed by atoms with Crippen LogP contribution in [0.5, 0.6) is 5.75 Å². The maximum Gasteiger partial charge on any atom is 0.231 e. The van der Waals surface area contributed by atoms with Crippen molar-refractivity contribution in [3.05, 3.63) is 58.1 Å². The van der Waals surface area contributed by atoms with Gasteiger partial charge >= 0.3 is 0 Å². The van der Waals surface area contributed by atoms with E-state index in [9.17, 15) is 10.1 Å². The summed E-state index contributed by atoms with van der Waals surface area (Å²) in [5.41, 5.74) is 11.1. The number of nitrogens with zero attached hydrogens (tertiary/aromatic N) is 3. The van der Waals surface area contributed by atoms with Crippen molar-refractivity contribution in [2.45, 2.75) is 52.0 Å². The molecule has 0 amide bonds. The first-order valence-corrected chi connectivity index (χ1v) is 11.2. The predicted molar refractivity (Wildman–Crippen MR) is 126 cm³/mol. The van der Waals surface area contributed by atoms with E-state index in [4.69, 9.17) is 15.3 Å². The van der Waals surface area contributed by atoms with E-state index in [1.807, 2.05) is 36.9 Å². The van der Waals surface area contributed by atoms with Crippen LogP contribution in [0.4, 0.5) is 5.69 Å². The summed E-state index contributed by atoms with van der Waals surface area (Å²) in [7, 11) is 0. The molecular weight excluding hydrogens is 418 g/mol. The molecule has 2 aliphatic heterocycles. The molecule has 0 saturated heterocycles. The molecule has 0 aromatic heterocycles. The molecule has 4 rings (SSSR count). The summed E-state index contributed by atoms with van der Waals surface area (Å²) in [6.07, 6.45) is 2.31. The average molecular weight is 448 g/mol. The third-order valence-electron chi connectivity index (χ3n) is 5.99. The van der Waals surface area contributed by atoms with Gasteiger partial charge in [-0.3, -0.25) is 9.69 Å². The molecule has 2 atom stereocenters. The molecule has 2 aliphatic rings. The fraction of sp³-hybridized carbons (Fsp3) is 0.400. The lowest BCUT2D eigenvalue weighted by Gasteiger charge is -2.31. The molecule has 3 N–H and O–H groups in total. The number of ether oxygens (including phenoxy) is 1. The van der Waals surface area contributed by atoms with Gasteiger partial charge in [0, 0.05) is 24.2 Å². The molecule has 33 heavy (non-hydrogen) atoms. The number of hydrogen-bond acceptors (Lipinski definition) is 8. The van der Waals surface area contributed by atoms with Crippen LogP contribution in [-0.4, -0.2) is 31.3 Å². The standard InChI is InChI=1S/C25H29N5O3/c1-15(2)32-23-7-4-17(12-18(23)13-27)25-30(14-29-33-25)21-6-5-20-19(16(21)3)9-11-28-24(20)22(31)8-10-26/h4-7,12,14-15,24-25,28H,8-11,26H2,1-3H3. The lowest BCUT2D eigenvalue weighted by Crippen LogP contribution is -2.36. The molecule has 172 valence electrons. The Hall–Kier alpha value is -3.41. The van der Waals surface area contributed by atoms with E-state index >= 15 is 0 Å². The van der Waals surface area contributed by atoms with Crippen molar-refractivity contribution in [3.8, 4) is 11.8 Å². The number of Topliss-reactive ketones (excluding diaryl/α,β-unsaturated/α-hetero) is 1. The number of ketones is 1.